The lowest BCUT2D eigenvalue weighted by Crippen LogP contribution is -2.40. The van der Waals surface area contributed by atoms with Gasteiger partial charge in [-0.25, -0.2) is 9.97 Å². The zero-order chi connectivity index (χ0) is 19.9. The van der Waals surface area contributed by atoms with E-state index in [1.807, 2.05) is 0 Å². The summed E-state index contributed by atoms with van der Waals surface area (Å²) in [6.45, 7) is 0. The number of nitrogens with one attached hydrogen (secondary N) is 1. The Bertz CT molecular complexity index is 801. The molecule has 0 aliphatic heterocycles. The molecule has 1 N–H and O–H groups in total. The van der Waals surface area contributed by atoms with Crippen LogP contribution in [0, 0.1) is 0 Å². The van der Waals surface area contributed by atoms with Gasteiger partial charge in [-0.2, -0.15) is 8.78 Å². The second kappa shape index (κ2) is 9.68. The summed E-state index contributed by atoms with van der Waals surface area (Å²) in [6.07, 6.45) is 5.95. The molecule has 0 spiro atoms. The van der Waals surface area contributed by atoms with Gasteiger partial charge < -0.3 is 14.8 Å². The van der Waals surface area contributed by atoms with Crippen LogP contribution < -0.4 is 14.8 Å². The Morgan fingerprint density at radius 2 is 1.82 bits per heavy atom. The van der Waals surface area contributed by atoms with Gasteiger partial charge in [0.25, 0.3) is 23.4 Å². The van der Waals surface area contributed by atoms with Crippen molar-refractivity contribution >= 4 is 17.7 Å². The predicted molar refractivity (Wildman–Crippen MR) is 101 cm³/mol. The average molecular weight is 409 g/mol. The van der Waals surface area contributed by atoms with E-state index in [9.17, 15) is 13.6 Å². The van der Waals surface area contributed by atoms with E-state index in [-0.39, 0.29) is 28.5 Å². The van der Waals surface area contributed by atoms with Gasteiger partial charge in [0.15, 0.2) is 0 Å². The summed E-state index contributed by atoms with van der Waals surface area (Å²) in [7, 11) is 1.51. The Morgan fingerprint density at radius 3 is 2.50 bits per heavy atom. The van der Waals surface area contributed by atoms with Crippen molar-refractivity contribution in [1.29, 1.82) is 0 Å². The van der Waals surface area contributed by atoms with Crippen molar-refractivity contribution in [2.75, 3.05) is 7.11 Å². The van der Waals surface area contributed by atoms with Crippen LogP contribution in [0.1, 0.15) is 36.0 Å². The second-order valence-corrected chi connectivity index (χ2v) is 7.34. The molecule has 1 aliphatic rings. The summed E-state index contributed by atoms with van der Waals surface area (Å²) in [6, 6.07) is 6.38. The van der Waals surface area contributed by atoms with Crippen LogP contribution >= 0.6 is 11.8 Å². The number of carbonyl (C=O) groups excluding carboxylic acids is 1. The van der Waals surface area contributed by atoms with Gasteiger partial charge in [-0.05, 0) is 37.8 Å². The third kappa shape index (κ3) is 5.31. The Kier molecular flexibility index (Phi) is 7.02. The molecular weight excluding hydrogens is 388 g/mol. The molecule has 1 saturated carbocycles. The molecule has 1 aromatic carbocycles. The number of hydrogen-bond acceptors (Lipinski definition) is 6. The number of thioether (sulfide) groups is 1. The van der Waals surface area contributed by atoms with Gasteiger partial charge in [-0.3, -0.25) is 4.79 Å². The number of aromatic nitrogens is 2. The van der Waals surface area contributed by atoms with Crippen molar-refractivity contribution in [3.8, 4) is 11.8 Å². The first kappa shape index (κ1) is 20.3. The summed E-state index contributed by atoms with van der Waals surface area (Å²) in [5, 5.41) is 2.95. The molecule has 0 unspecified atom stereocenters. The van der Waals surface area contributed by atoms with Gasteiger partial charge >= 0.3 is 0 Å². The number of amides is 1. The summed E-state index contributed by atoms with van der Waals surface area (Å²) < 4.78 is 36.4. The summed E-state index contributed by atoms with van der Waals surface area (Å²) >= 11 is 0.382. The number of hydrogen-bond donors (Lipinski definition) is 1. The van der Waals surface area contributed by atoms with E-state index in [1.54, 1.807) is 24.4 Å². The molecule has 0 bridgehead atoms. The molecule has 1 aliphatic carbocycles. The Balaban J connectivity index is 1.54. The minimum atomic E-state index is -2.57. The lowest BCUT2D eigenvalue weighted by molar-refractivity contribution is 0.0883. The molecule has 1 aromatic heterocycles. The Morgan fingerprint density at radius 1 is 1.14 bits per heavy atom. The van der Waals surface area contributed by atoms with Crippen molar-refractivity contribution in [1.82, 2.24) is 15.3 Å². The van der Waals surface area contributed by atoms with E-state index >= 15 is 0 Å². The molecule has 0 radical (unpaired) electrons. The van der Waals surface area contributed by atoms with E-state index in [4.69, 9.17) is 9.47 Å². The Hall–Kier alpha value is -2.42. The van der Waals surface area contributed by atoms with E-state index in [1.165, 1.54) is 19.4 Å². The number of nitrogens with zero attached hydrogens (tertiary/aromatic N) is 2. The van der Waals surface area contributed by atoms with Crippen molar-refractivity contribution < 1.29 is 23.0 Å². The van der Waals surface area contributed by atoms with Crippen LogP contribution in [-0.2, 0) is 0 Å². The van der Waals surface area contributed by atoms with Gasteiger partial charge in [0.2, 0.25) is 0 Å². The quantitative estimate of drug-likeness (QED) is 0.699. The molecule has 0 atom stereocenters. The van der Waals surface area contributed by atoms with Crippen LogP contribution in [0.2, 0.25) is 0 Å². The largest absolute Gasteiger partial charge is 0.477 e. The predicted octanol–water partition coefficient (Wildman–Crippen LogP) is 3.92. The number of carbonyl (C=O) groups is 1. The maximum atomic E-state index is 12.7. The zero-order valence-electron chi connectivity index (χ0n) is 15.3. The van der Waals surface area contributed by atoms with E-state index in [0.29, 0.717) is 23.5 Å². The van der Waals surface area contributed by atoms with Crippen LogP contribution in [0.3, 0.4) is 0 Å². The van der Waals surface area contributed by atoms with Gasteiger partial charge in [-0.15, -0.1) is 0 Å². The van der Waals surface area contributed by atoms with Crippen LogP contribution in [0.15, 0.2) is 41.6 Å². The molecule has 0 saturated heterocycles. The highest BCUT2D eigenvalue weighted by Crippen LogP contribution is 2.30. The number of benzene rings is 1. The van der Waals surface area contributed by atoms with Crippen LogP contribution in [0.4, 0.5) is 8.78 Å². The van der Waals surface area contributed by atoms with Gasteiger partial charge in [0, 0.05) is 23.3 Å². The number of rotatable bonds is 7. The average Bonchev–Trinajstić information content (AvgIpc) is 2.70. The first-order chi connectivity index (χ1) is 13.6. The molecule has 1 heterocycles. The highest BCUT2D eigenvalue weighted by atomic mass is 32.2. The van der Waals surface area contributed by atoms with Crippen molar-refractivity contribution in [2.24, 2.45) is 0 Å². The zero-order valence-corrected chi connectivity index (χ0v) is 16.1. The van der Waals surface area contributed by atoms with Crippen molar-refractivity contribution in [2.45, 2.75) is 48.5 Å². The first-order valence-corrected chi connectivity index (χ1v) is 9.81. The highest BCUT2D eigenvalue weighted by Gasteiger charge is 2.26. The van der Waals surface area contributed by atoms with Crippen LogP contribution in [-0.4, -0.2) is 40.9 Å². The van der Waals surface area contributed by atoms with Crippen LogP contribution in [0.5, 0.6) is 11.8 Å². The third-order valence-corrected chi connectivity index (χ3v) is 5.25. The monoisotopic (exact) mass is 409 g/mol. The molecule has 9 heteroatoms. The Labute approximate surface area is 166 Å². The molecule has 6 nitrogen and oxygen atoms in total. The van der Waals surface area contributed by atoms with Gasteiger partial charge in [0.05, 0.1) is 12.7 Å². The summed E-state index contributed by atoms with van der Waals surface area (Å²) in [4.78, 5) is 21.0. The van der Waals surface area contributed by atoms with E-state index in [2.05, 4.69) is 15.3 Å². The van der Waals surface area contributed by atoms with E-state index < -0.39 is 5.76 Å². The lowest BCUT2D eigenvalue weighted by atomic mass is 9.92. The normalized spacial score (nSPS) is 19.3. The molecular formula is C19H21F2N3O3S. The second-order valence-electron chi connectivity index (χ2n) is 6.31. The SMILES string of the molecule is COc1nccnc1OC1CCC(NC(=O)c2ccccc2SC(F)F)CC1. The number of methoxy groups -OCH3 is 1. The van der Waals surface area contributed by atoms with Gasteiger partial charge in [0.1, 0.15) is 6.10 Å². The molecule has 150 valence electrons. The summed E-state index contributed by atoms with van der Waals surface area (Å²) in [5.74, 6) is -2.20. The molecule has 1 amide bonds. The molecule has 28 heavy (non-hydrogen) atoms. The van der Waals surface area contributed by atoms with Crippen LogP contribution in [0.25, 0.3) is 0 Å². The maximum absolute atomic E-state index is 12.7. The lowest BCUT2D eigenvalue weighted by Gasteiger charge is -2.29. The summed E-state index contributed by atoms with van der Waals surface area (Å²) in [5.41, 5.74) is 0.274. The van der Waals surface area contributed by atoms with Gasteiger partial charge in [-0.1, -0.05) is 23.9 Å². The standard InChI is InChI=1S/C19H21F2N3O3S/c1-26-17-18(23-11-10-22-17)27-13-8-6-12(7-9-13)24-16(25)14-4-2-3-5-15(14)28-19(20)21/h2-5,10-13,19H,6-9H2,1H3,(H,24,25). The minimum Gasteiger partial charge on any atom is -0.477 e. The minimum absolute atomic E-state index is 0.0271. The fourth-order valence-electron chi connectivity index (χ4n) is 3.13. The maximum Gasteiger partial charge on any atom is 0.288 e. The highest BCUT2D eigenvalue weighted by molar-refractivity contribution is 7.99. The fourth-order valence-corrected chi connectivity index (χ4v) is 3.77. The third-order valence-electron chi connectivity index (χ3n) is 4.46. The van der Waals surface area contributed by atoms with Crippen molar-refractivity contribution in [3.05, 3.63) is 42.2 Å². The number of halogens is 2. The molecule has 3 rings (SSSR count). The molecule has 1 fully saturated rings. The molecule has 2 aromatic rings. The van der Waals surface area contributed by atoms with E-state index in [0.717, 1.165) is 25.7 Å². The number of alkyl halides is 2. The first-order valence-electron chi connectivity index (χ1n) is 8.93. The topological polar surface area (TPSA) is 73.3 Å². The fraction of sp³-hybridized carbons (Fsp3) is 0.421. The smallest absolute Gasteiger partial charge is 0.288 e. The van der Waals surface area contributed by atoms with Crippen molar-refractivity contribution in [3.63, 3.8) is 0 Å². The number of ether oxygens (including phenoxy) is 2.